The van der Waals surface area contributed by atoms with Crippen LogP contribution in [-0.4, -0.2) is 15.6 Å². The number of hydrogen-bond donors (Lipinski definition) is 0. The van der Waals surface area contributed by atoms with Crippen molar-refractivity contribution in [3.8, 4) is 0 Å². The second-order valence-corrected chi connectivity index (χ2v) is 5.03. The average molecular weight is 311 g/mol. The van der Waals surface area contributed by atoms with Gasteiger partial charge in [0.15, 0.2) is 10.4 Å². The van der Waals surface area contributed by atoms with E-state index < -0.39 is 0 Å². The highest BCUT2D eigenvalue weighted by Crippen LogP contribution is 2.16. The summed E-state index contributed by atoms with van der Waals surface area (Å²) >= 11 is 3.18. The third-order valence-corrected chi connectivity index (χ3v) is 3.32. The zero-order chi connectivity index (χ0) is 13.1. The first kappa shape index (κ1) is 13.1. The zero-order valence-electron chi connectivity index (χ0n) is 10.4. The number of furan rings is 1. The second-order valence-electron chi connectivity index (χ2n) is 4.25. The molecular weight excluding hydrogens is 296 g/mol. The fraction of sp³-hybridized carbons (Fsp3) is 0.385. The van der Waals surface area contributed by atoms with Gasteiger partial charge in [0, 0.05) is 12.2 Å². The van der Waals surface area contributed by atoms with Crippen LogP contribution in [0.25, 0.3) is 0 Å². The molecule has 0 saturated heterocycles. The predicted molar refractivity (Wildman–Crippen MR) is 71.7 cm³/mol. The standard InChI is InChI=1S/C13H15BrN2O2/c1-3-9(2)16-7-6-10(15-16)8-11(17)12-4-5-13(14)18-12/h4-7,9H,3,8H2,1-2H3. The lowest BCUT2D eigenvalue weighted by Crippen LogP contribution is -2.07. The largest absolute Gasteiger partial charge is 0.446 e. The van der Waals surface area contributed by atoms with E-state index in [1.54, 1.807) is 12.1 Å². The van der Waals surface area contributed by atoms with Gasteiger partial charge >= 0.3 is 0 Å². The summed E-state index contributed by atoms with van der Waals surface area (Å²) < 4.78 is 7.68. The van der Waals surface area contributed by atoms with Gasteiger partial charge < -0.3 is 4.42 Å². The molecule has 0 bridgehead atoms. The van der Waals surface area contributed by atoms with Crippen molar-refractivity contribution in [2.75, 3.05) is 0 Å². The van der Waals surface area contributed by atoms with Crippen LogP contribution in [0.1, 0.15) is 42.6 Å². The van der Waals surface area contributed by atoms with Crippen LogP contribution in [-0.2, 0) is 6.42 Å². The highest BCUT2D eigenvalue weighted by atomic mass is 79.9. The molecule has 0 amide bonds. The molecule has 18 heavy (non-hydrogen) atoms. The molecule has 2 aromatic rings. The van der Waals surface area contributed by atoms with Crippen LogP contribution in [0, 0.1) is 0 Å². The van der Waals surface area contributed by atoms with Gasteiger partial charge in [-0.25, -0.2) is 0 Å². The lowest BCUT2D eigenvalue weighted by molar-refractivity contribution is 0.0964. The Kier molecular flexibility index (Phi) is 4.01. The molecule has 0 aliphatic heterocycles. The van der Waals surface area contributed by atoms with Crippen LogP contribution < -0.4 is 0 Å². The Morgan fingerprint density at radius 2 is 2.28 bits per heavy atom. The Morgan fingerprint density at radius 3 is 2.89 bits per heavy atom. The fourth-order valence-corrected chi connectivity index (χ4v) is 1.93. The summed E-state index contributed by atoms with van der Waals surface area (Å²) in [6.07, 6.45) is 3.19. The van der Waals surface area contributed by atoms with Crippen molar-refractivity contribution in [2.24, 2.45) is 0 Å². The number of carbonyl (C=O) groups excluding carboxylic acids is 1. The number of rotatable bonds is 5. The zero-order valence-corrected chi connectivity index (χ0v) is 12.0. The lowest BCUT2D eigenvalue weighted by Gasteiger charge is -2.07. The van der Waals surface area contributed by atoms with Crippen LogP contribution in [0.2, 0.25) is 0 Å². The van der Waals surface area contributed by atoms with Gasteiger partial charge in [0.05, 0.1) is 12.1 Å². The van der Waals surface area contributed by atoms with E-state index in [9.17, 15) is 4.79 Å². The number of Topliss-reactive ketones (excluding diaryl/α,β-unsaturated/α-hetero) is 1. The first-order chi connectivity index (χ1) is 8.60. The third kappa shape index (κ3) is 2.90. The van der Waals surface area contributed by atoms with E-state index in [2.05, 4.69) is 34.9 Å². The Balaban J connectivity index is 2.05. The second kappa shape index (κ2) is 5.52. The summed E-state index contributed by atoms with van der Waals surface area (Å²) in [5.41, 5.74) is 0.771. The highest BCUT2D eigenvalue weighted by Gasteiger charge is 2.13. The minimum atomic E-state index is -0.0601. The van der Waals surface area contributed by atoms with E-state index >= 15 is 0 Å². The first-order valence-corrected chi connectivity index (χ1v) is 6.72. The summed E-state index contributed by atoms with van der Waals surface area (Å²) in [6.45, 7) is 4.21. The van der Waals surface area contributed by atoms with Crippen molar-refractivity contribution in [3.05, 3.63) is 40.5 Å². The van der Waals surface area contributed by atoms with Crippen LogP contribution in [0.15, 0.2) is 33.5 Å². The smallest absolute Gasteiger partial charge is 0.204 e. The maximum Gasteiger partial charge on any atom is 0.204 e. The van der Waals surface area contributed by atoms with Crippen molar-refractivity contribution in [1.29, 1.82) is 0 Å². The quantitative estimate of drug-likeness (QED) is 0.792. The summed E-state index contributed by atoms with van der Waals surface area (Å²) in [4.78, 5) is 11.9. The number of aromatic nitrogens is 2. The molecule has 0 aliphatic carbocycles. The summed E-state index contributed by atoms with van der Waals surface area (Å²) in [5.74, 6) is 0.301. The Hall–Kier alpha value is -1.36. The average Bonchev–Trinajstić information content (AvgIpc) is 2.97. The first-order valence-electron chi connectivity index (χ1n) is 5.92. The Bertz CT molecular complexity index is 545. The number of nitrogens with zero attached hydrogens (tertiary/aromatic N) is 2. The molecule has 0 saturated carbocycles. The van der Waals surface area contributed by atoms with Crippen molar-refractivity contribution in [1.82, 2.24) is 9.78 Å². The monoisotopic (exact) mass is 310 g/mol. The fourth-order valence-electron chi connectivity index (χ4n) is 1.62. The van der Waals surface area contributed by atoms with Crippen LogP contribution >= 0.6 is 15.9 Å². The van der Waals surface area contributed by atoms with Crippen molar-refractivity contribution < 1.29 is 9.21 Å². The van der Waals surface area contributed by atoms with Gasteiger partial charge in [0.25, 0.3) is 0 Å². The molecule has 0 radical (unpaired) electrons. The molecule has 0 aromatic carbocycles. The van der Waals surface area contributed by atoms with E-state index in [1.807, 2.05) is 16.9 Å². The topological polar surface area (TPSA) is 48.0 Å². The molecule has 96 valence electrons. The molecular formula is C13H15BrN2O2. The number of ketones is 1. The van der Waals surface area contributed by atoms with Gasteiger partial charge in [0.2, 0.25) is 5.78 Å². The number of hydrogen-bond acceptors (Lipinski definition) is 3. The molecule has 0 N–H and O–H groups in total. The third-order valence-electron chi connectivity index (χ3n) is 2.90. The van der Waals surface area contributed by atoms with Gasteiger partial charge in [-0.3, -0.25) is 9.48 Å². The lowest BCUT2D eigenvalue weighted by atomic mass is 10.2. The Labute approximate surface area is 114 Å². The van der Waals surface area contributed by atoms with E-state index in [0.29, 0.717) is 16.5 Å². The maximum absolute atomic E-state index is 11.9. The van der Waals surface area contributed by atoms with E-state index in [1.165, 1.54) is 0 Å². The highest BCUT2D eigenvalue weighted by molar-refractivity contribution is 9.10. The SMILES string of the molecule is CCC(C)n1ccc(CC(=O)c2ccc(Br)o2)n1. The molecule has 0 fully saturated rings. The van der Waals surface area contributed by atoms with E-state index in [0.717, 1.165) is 12.1 Å². The Morgan fingerprint density at radius 1 is 1.50 bits per heavy atom. The molecule has 2 aromatic heterocycles. The number of halogens is 1. The predicted octanol–water partition coefficient (Wildman–Crippen LogP) is 3.64. The van der Waals surface area contributed by atoms with Crippen molar-refractivity contribution in [3.63, 3.8) is 0 Å². The summed E-state index contributed by atoms with van der Waals surface area (Å²) in [7, 11) is 0. The summed E-state index contributed by atoms with van der Waals surface area (Å²) in [6, 6.07) is 5.61. The van der Waals surface area contributed by atoms with Crippen LogP contribution in [0.4, 0.5) is 0 Å². The van der Waals surface area contributed by atoms with E-state index in [4.69, 9.17) is 4.42 Å². The van der Waals surface area contributed by atoms with Gasteiger partial charge in [0.1, 0.15) is 0 Å². The molecule has 2 heterocycles. The molecule has 0 aliphatic rings. The molecule has 1 unspecified atom stereocenters. The van der Waals surface area contributed by atoms with Crippen LogP contribution in [0.5, 0.6) is 0 Å². The van der Waals surface area contributed by atoms with Gasteiger partial charge in [-0.1, -0.05) is 6.92 Å². The van der Waals surface area contributed by atoms with Crippen molar-refractivity contribution in [2.45, 2.75) is 32.7 Å². The summed E-state index contributed by atoms with van der Waals surface area (Å²) in [5, 5.41) is 4.40. The van der Waals surface area contributed by atoms with Gasteiger partial charge in [-0.15, -0.1) is 0 Å². The maximum atomic E-state index is 11.9. The molecule has 1 atom stereocenters. The van der Waals surface area contributed by atoms with Crippen molar-refractivity contribution >= 4 is 21.7 Å². The molecule has 2 rings (SSSR count). The normalized spacial score (nSPS) is 12.6. The number of carbonyl (C=O) groups is 1. The molecule has 5 heteroatoms. The molecule has 0 spiro atoms. The van der Waals surface area contributed by atoms with E-state index in [-0.39, 0.29) is 12.2 Å². The van der Waals surface area contributed by atoms with Crippen LogP contribution in [0.3, 0.4) is 0 Å². The minimum absolute atomic E-state index is 0.0601. The van der Waals surface area contributed by atoms with Gasteiger partial charge in [-0.05, 0) is 47.5 Å². The molecule has 4 nitrogen and oxygen atoms in total. The van der Waals surface area contributed by atoms with Gasteiger partial charge in [-0.2, -0.15) is 5.10 Å². The minimum Gasteiger partial charge on any atom is -0.446 e.